The maximum absolute atomic E-state index is 12.7. The molecule has 1 aromatic rings. The number of Topliss-reactive ketones (excluding diaryl/α,β-unsaturated/α-hetero) is 1. The molecule has 0 spiro atoms. The molecule has 3 atom stereocenters. The molecule has 0 saturated heterocycles. The third-order valence-electron chi connectivity index (χ3n) is 5.65. The Bertz CT molecular complexity index is 835. The van der Waals surface area contributed by atoms with Crippen molar-refractivity contribution in [1.29, 1.82) is 0 Å². The number of carbonyl (C=O) groups is 2. The van der Waals surface area contributed by atoms with Gasteiger partial charge in [0, 0.05) is 11.3 Å². The highest BCUT2D eigenvalue weighted by Crippen LogP contribution is 2.30. The van der Waals surface area contributed by atoms with E-state index >= 15 is 0 Å². The molecule has 0 amide bonds. The fraction of sp³-hybridized carbons (Fsp3) is 0.577. The first-order valence-electron chi connectivity index (χ1n) is 11.3. The van der Waals surface area contributed by atoms with Crippen LogP contribution in [-0.2, 0) is 9.59 Å². The number of nitrogens with zero attached hydrogens (tertiary/aromatic N) is 1. The average Bonchev–Trinajstić information content (AvgIpc) is 3.10. The van der Waals surface area contributed by atoms with E-state index in [-0.39, 0.29) is 17.6 Å². The minimum atomic E-state index is -1.19. The fourth-order valence-corrected chi connectivity index (χ4v) is 4.22. The van der Waals surface area contributed by atoms with Crippen LogP contribution in [0.5, 0.6) is 0 Å². The predicted molar refractivity (Wildman–Crippen MR) is 133 cm³/mol. The van der Waals surface area contributed by atoms with Gasteiger partial charge >= 0.3 is 5.97 Å². The molecule has 0 aliphatic carbocycles. The number of aromatic nitrogens is 1. The van der Waals surface area contributed by atoms with Crippen molar-refractivity contribution in [2.45, 2.75) is 79.8 Å². The summed E-state index contributed by atoms with van der Waals surface area (Å²) in [5.41, 5.74) is 1.28. The quantitative estimate of drug-likeness (QED) is 0.321. The zero-order chi connectivity index (χ0) is 24.3. The van der Waals surface area contributed by atoms with Gasteiger partial charge in [0.25, 0.3) is 0 Å². The van der Waals surface area contributed by atoms with Gasteiger partial charge < -0.3 is 10.2 Å². The van der Waals surface area contributed by atoms with Crippen LogP contribution in [0.1, 0.15) is 77.4 Å². The minimum Gasteiger partial charge on any atom is -0.481 e. The summed E-state index contributed by atoms with van der Waals surface area (Å²) >= 11 is 1.67. The Morgan fingerprint density at radius 3 is 2.50 bits per heavy atom. The first-order valence-corrected chi connectivity index (χ1v) is 12.2. The number of hydrogen-bond acceptors (Lipinski definition) is 5. The summed E-state index contributed by atoms with van der Waals surface area (Å²) < 4.78 is 0. The first kappa shape index (κ1) is 28.0. The number of ketones is 1. The van der Waals surface area contributed by atoms with Gasteiger partial charge in [0.05, 0.1) is 28.6 Å². The Morgan fingerprint density at radius 1 is 1.22 bits per heavy atom. The molecule has 178 valence electrons. The van der Waals surface area contributed by atoms with E-state index in [1.54, 1.807) is 25.2 Å². The van der Waals surface area contributed by atoms with E-state index in [4.69, 9.17) is 5.11 Å². The van der Waals surface area contributed by atoms with Crippen molar-refractivity contribution in [2.24, 2.45) is 17.3 Å². The van der Waals surface area contributed by atoms with Crippen LogP contribution in [0.2, 0.25) is 0 Å². The van der Waals surface area contributed by atoms with Crippen LogP contribution in [0, 0.1) is 24.2 Å². The summed E-state index contributed by atoms with van der Waals surface area (Å²) in [7, 11) is 0. The second kappa shape index (κ2) is 13.5. The monoisotopic (exact) mass is 461 g/mol. The minimum absolute atomic E-state index is 0.0948. The number of carboxylic acids is 1. The van der Waals surface area contributed by atoms with E-state index < -0.39 is 23.9 Å². The molecule has 0 aliphatic rings. The molecule has 1 heterocycles. The fourth-order valence-electron chi connectivity index (χ4n) is 3.65. The molecule has 2 N–H and O–H groups in total. The molecule has 32 heavy (non-hydrogen) atoms. The standard InChI is InChI=1S/C26H39NO4S/c1-18(14-20(3)25(31)26(5,6)23(28)16-24(29)30)12-10-8-7-9-11-13-19(2)15-22-17-32-21(4)27-22/h7,9-10,12,15,17-18,20,23,28H,8,11,13-14,16H2,1-6H3,(H,29,30)/b9-7-,12-10+,19-15+. The SMILES string of the molecule is C/C(=C\c1csc(C)n1)CC/C=C\C/C=C/C(C)CC(C)C(=O)C(C)(C)C(O)CC(=O)O. The Kier molecular flexibility index (Phi) is 11.8. The number of aliphatic hydroxyl groups excluding tert-OH is 1. The van der Waals surface area contributed by atoms with Gasteiger partial charge in [-0.25, -0.2) is 4.98 Å². The number of rotatable bonds is 14. The predicted octanol–water partition coefficient (Wildman–Crippen LogP) is 6.23. The molecule has 6 heteroatoms. The van der Waals surface area contributed by atoms with E-state index in [2.05, 4.69) is 54.6 Å². The number of carboxylic acid groups (broad SMARTS) is 1. The smallest absolute Gasteiger partial charge is 0.306 e. The lowest BCUT2D eigenvalue weighted by molar-refractivity contribution is -0.145. The van der Waals surface area contributed by atoms with Gasteiger partial charge in [0.15, 0.2) is 0 Å². The molecule has 3 unspecified atom stereocenters. The van der Waals surface area contributed by atoms with E-state index in [9.17, 15) is 14.7 Å². The van der Waals surface area contributed by atoms with Crippen molar-refractivity contribution in [3.05, 3.63) is 46.0 Å². The lowest BCUT2D eigenvalue weighted by atomic mass is 9.74. The van der Waals surface area contributed by atoms with Crippen LogP contribution in [0.15, 0.2) is 35.3 Å². The van der Waals surface area contributed by atoms with Crippen molar-refractivity contribution >= 4 is 29.2 Å². The number of aliphatic carboxylic acids is 1. The number of aliphatic hydroxyl groups is 1. The summed E-state index contributed by atoms with van der Waals surface area (Å²) in [5.74, 6) is -1.22. The van der Waals surface area contributed by atoms with E-state index in [1.807, 2.05) is 13.8 Å². The Balaban J connectivity index is 2.38. The van der Waals surface area contributed by atoms with Gasteiger partial charge in [-0.15, -0.1) is 11.3 Å². The third-order valence-corrected chi connectivity index (χ3v) is 6.44. The van der Waals surface area contributed by atoms with E-state index in [1.165, 1.54) is 5.57 Å². The van der Waals surface area contributed by atoms with Crippen molar-refractivity contribution < 1.29 is 19.8 Å². The molecule has 5 nitrogen and oxygen atoms in total. The number of thiazole rings is 1. The first-order chi connectivity index (χ1) is 14.9. The third kappa shape index (κ3) is 10.0. The lowest BCUT2D eigenvalue weighted by Gasteiger charge is -2.31. The van der Waals surface area contributed by atoms with Crippen molar-refractivity contribution in [3.8, 4) is 0 Å². The van der Waals surface area contributed by atoms with E-state index in [0.29, 0.717) is 6.42 Å². The highest BCUT2D eigenvalue weighted by Gasteiger charge is 2.39. The van der Waals surface area contributed by atoms with Crippen LogP contribution in [0.3, 0.4) is 0 Å². The van der Waals surface area contributed by atoms with Gasteiger partial charge in [-0.05, 0) is 51.5 Å². The number of carbonyl (C=O) groups excluding carboxylic acids is 1. The highest BCUT2D eigenvalue weighted by atomic mass is 32.1. The summed E-state index contributed by atoms with van der Waals surface area (Å²) in [6, 6.07) is 0. The molecule has 0 aliphatic heterocycles. The van der Waals surface area contributed by atoms with Crippen molar-refractivity contribution in [1.82, 2.24) is 4.98 Å². The molecule has 0 radical (unpaired) electrons. The van der Waals surface area contributed by atoms with Gasteiger partial charge in [0.2, 0.25) is 0 Å². The summed E-state index contributed by atoms with van der Waals surface area (Å²) in [6.07, 6.45) is 12.6. The normalized spacial score (nSPS) is 15.9. The average molecular weight is 462 g/mol. The van der Waals surface area contributed by atoms with Crippen LogP contribution >= 0.6 is 11.3 Å². The number of hydrogen-bond donors (Lipinski definition) is 2. The zero-order valence-electron chi connectivity index (χ0n) is 20.3. The van der Waals surface area contributed by atoms with Crippen molar-refractivity contribution in [3.63, 3.8) is 0 Å². The molecule has 1 aromatic heterocycles. The molecular weight excluding hydrogens is 422 g/mol. The van der Waals surface area contributed by atoms with Crippen LogP contribution in [-0.4, -0.2) is 33.1 Å². The van der Waals surface area contributed by atoms with Gasteiger partial charge in [-0.2, -0.15) is 0 Å². The number of aryl methyl sites for hydroxylation is 1. The maximum atomic E-state index is 12.7. The Morgan fingerprint density at radius 2 is 1.91 bits per heavy atom. The Labute approximate surface area is 197 Å². The van der Waals surface area contributed by atoms with Gasteiger partial charge in [-0.3, -0.25) is 9.59 Å². The Hall–Kier alpha value is -2.05. The van der Waals surface area contributed by atoms with Crippen LogP contribution in [0.4, 0.5) is 0 Å². The highest BCUT2D eigenvalue weighted by molar-refractivity contribution is 7.09. The largest absolute Gasteiger partial charge is 0.481 e. The molecule has 0 saturated carbocycles. The molecule has 0 aromatic carbocycles. The topological polar surface area (TPSA) is 87.5 Å². The molecule has 0 bridgehead atoms. The molecule has 0 fully saturated rings. The van der Waals surface area contributed by atoms with Gasteiger partial charge in [-0.1, -0.05) is 57.6 Å². The van der Waals surface area contributed by atoms with E-state index in [0.717, 1.165) is 30.0 Å². The molecule has 1 rings (SSSR count). The number of allylic oxidation sites excluding steroid dienone is 5. The second-order valence-corrected chi connectivity index (χ2v) is 10.3. The van der Waals surface area contributed by atoms with Crippen molar-refractivity contribution in [2.75, 3.05) is 0 Å². The van der Waals surface area contributed by atoms with Crippen LogP contribution in [0.25, 0.3) is 6.08 Å². The lowest BCUT2D eigenvalue weighted by Crippen LogP contribution is -2.41. The second-order valence-electron chi connectivity index (χ2n) is 9.27. The van der Waals surface area contributed by atoms with Gasteiger partial charge in [0.1, 0.15) is 5.78 Å². The summed E-state index contributed by atoms with van der Waals surface area (Å²) in [4.78, 5) is 28.1. The summed E-state index contributed by atoms with van der Waals surface area (Å²) in [5, 5.41) is 22.2. The molecular formula is C26H39NO4S. The maximum Gasteiger partial charge on any atom is 0.306 e. The zero-order valence-corrected chi connectivity index (χ0v) is 21.1. The summed E-state index contributed by atoms with van der Waals surface area (Å²) in [6.45, 7) is 11.3. The van der Waals surface area contributed by atoms with Crippen LogP contribution < -0.4 is 0 Å².